The van der Waals surface area contributed by atoms with E-state index in [0.29, 0.717) is 6.42 Å². The highest BCUT2D eigenvalue weighted by Crippen LogP contribution is 2.18. The highest BCUT2D eigenvalue weighted by molar-refractivity contribution is 6.18. The fourth-order valence-corrected chi connectivity index (χ4v) is 1.75. The number of rotatable bonds is 3. The molecule has 2 aromatic rings. The Hall–Kier alpha value is -0.990. The summed E-state index contributed by atoms with van der Waals surface area (Å²) in [6, 6.07) is 8.04. The molecule has 1 unspecified atom stereocenters. The van der Waals surface area contributed by atoms with Crippen molar-refractivity contribution in [1.29, 1.82) is 0 Å². The molecule has 1 heterocycles. The number of aliphatic hydroxyl groups excluding tert-OH is 1. The molecule has 0 amide bonds. The van der Waals surface area contributed by atoms with Gasteiger partial charge in [0, 0.05) is 29.4 Å². The van der Waals surface area contributed by atoms with Gasteiger partial charge in [-0.25, -0.2) is 0 Å². The third-order valence-electron chi connectivity index (χ3n) is 2.32. The number of halogens is 1. The lowest BCUT2D eigenvalue weighted by Crippen LogP contribution is -2.11. The SMILES string of the molecule is OC(CCl)Cc1cccc2[nH]ccc12. The first-order valence-electron chi connectivity index (χ1n) is 4.60. The van der Waals surface area contributed by atoms with Crippen LogP contribution in [-0.4, -0.2) is 22.1 Å². The summed E-state index contributed by atoms with van der Waals surface area (Å²) in [5.74, 6) is 0.279. The number of benzene rings is 1. The monoisotopic (exact) mass is 209 g/mol. The Morgan fingerprint density at radius 3 is 3.00 bits per heavy atom. The summed E-state index contributed by atoms with van der Waals surface area (Å²) >= 11 is 5.57. The molecule has 0 saturated heterocycles. The van der Waals surface area contributed by atoms with Crippen molar-refractivity contribution >= 4 is 22.5 Å². The van der Waals surface area contributed by atoms with E-state index in [4.69, 9.17) is 11.6 Å². The van der Waals surface area contributed by atoms with Gasteiger partial charge >= 0.3 is 0 Å². The van der Waals surface area contributed by atoms with Crippen molar-refractivity contribution in [3.05, 3.63) is 36.0 Å². The third kappa shape index (κ3) is 1.76. The maximum Gasteiger partial charge on any atom is 0.0716 e. The van der Waals surface area contributed by atoms with E-state index in [1.807, 2.05) is 30.5 Å². The lowest BCUT2D eigenvalue weighted by molar-refractivity contribution is 0.199. The lowest BCUT2D eigenvalue weighted by Gasteiger charge is -2.07. The van der Waals surface area contributed by atoms with Crippen molar-refractivity contribution in [3.8, 4) is 0 Å². The standard InChI is InChI=1S/C11H12ClNO/c12-7-9(14)6-8-2-1-3-11-10(8)4-5-13-11/h1-5,9,13-14H,6-7H2. The summed E-state index contributed by atoms with van der Waals surface area (Å²) in [4.78, 5) is 3.14. The number of aromatic nitrogens is 1. The molecule has 2 rings (SSSR count). The highest BCUT2D eigenvalue weighted by Gasteiger charge is 2.07. The summed E-state index contributed by atoms with van der Waals surface area (Å²) in [7, 11) is 0. The van der Waals surface area contributed by atoms with Crippen LogP contribution in [0, 0.1) is 0 Å². The van der Waals surface area contributed by atoms with Gasteiger partial charge < -0.3 is 10.1 Å². The Morgan fingerprint density at radius 1 is 1.36 bits per heavy atom. The van der Waals surface area contributed by atoms with E-state index in [0.717, 1.165) is 16.5 Å². The molecule has 2 N–H and O–H groups in total. The van der Waals surface area contributed by atoms with E-state index in [2.05, 4.69) is 4.98 Å². The van der Waals surface area contributed by atoms with E-state index in [-0.39, 0.29) is 5.88 Å². The van der Waals surface area contributed by atoms with Crippen molar-refractivity contribution in [3.63, 3.8) is 0 Å². The Kier molecular flexibility index (Phi) is 2.75. The number of aliphatic hydroxyl groups is 1. The zero-order valence-corrected chi connectivity index (χ0v) is 8.46. The van der Waals surface area contributed by atoms with Gasteiger partial charge in [0.25, 0.3) is 0 Å². The predicted octanol–water partition coefficient (Wildman–Crippen LogP) is 2.31. The Morgan fingerprint density at radius 2 is 2.21 bits per heavy atom. The van der Waals surface area contributed by atoms with Crippen LogP contribution >= 0.6 is 11.6 Å². The van der Waals surface area contributed by atoms with Crippen LogP contribution in [0.5, 0.6) is 0 Å². The number of fused-ring (bicyclic) bond motifs is 1. The molecular weight excluding hydrogens is 198 g/mol. The molecule has 0 saturated carbocycles. The van der Waals surface area contributed by atoms with Crippen molar-refractivity contribution < 1.29 is 5.11 Å². The molecule has 2 nitrogen and oxygen atoms in total. The first-order valence-corrected chi connectivity index (χ1v) is 5.13. The number of hydrogen-bond acceptors (Lipinski definition) is 1. The molecule has 14 heavy (non-hydrogen) atoms. The Bertz CT molecular complexity index is 424. The lowest BCUT2D eigenvalue weighted by atomic mass is 10.0. The van der Waals surface area contributed by atoms with Gasteiger partial charge in [-0.05, 0) is 17.7 Å². The van der Waals surface area contributed by atoms with Crippen molar-refractivity contribution in [2.24, 2.45) is 0 Å². The van der Waals surface area contributed by atoms with Crippen LogP contribution in [0.1, 0.15) is 5.56 Å². The Balaban J connectivity index is 2.36. The molecule has 0 spiro atoms. The number of H-pyrrole nitrogens is 1. The quantitative estimate of drug-likeness (QED) is 0.748. The number of alkyl halides is 1. The fraction of sp³-hybridized carbons (Fsp3) is 0.273. The van der Waals surface area contributed by atoms with Gasteiger partial charge in [-0.1, -0.05) is 12.1 Å². The summed E-state index contributed by atoms with van der Waals surface area (Å²) in [6.07, 6.45) is 2.05. The number of aromatic amines is 1. The second-order valence-electron chi connectivity index (χ2n) is 3.37. The van der Waals surface area contributed by atoms with Crippen LogP contribution in [-0.2, 0) is 6.42 Å². The van der Waals surface area contributed by atoms with Crippen LogP contribution < -0.4 is 0 Å². The largest absolute Gasteiger partial charge is 0.392 e. The number of hydrogen-bond donors (Lipinski definition) is 2. The summed E-state index contributed by atoms with van der Waals surface area (Å²) < 4.78 is 0. The van der Waals surface area contributed by atoms with Crippen molar-refractivity contribution in [2.45, 2.75) is 12.5 Å². The third-order valence-corrected chi connectivity index (χ3v) is 2.68. The molecule has 1 aromatic carbocycles. The van der Waals surface area contributed by atoms with Crippen LogP contribution in [0.25, 0.3) is 10.9 Å². The zero-order valence-electron chi connectivity index (χ0n) is 7.70. The van der Waals surface area contributed by atoms with Gasteiger partial charge in [-0.15, -0.1) is 11.6 Å². The highest BCUT2D eigenvalue weighted by atomic mass is 35.5. The van der Waals surface area contributed by atoms with Gasteiger partial charge in [-0.2, -0.15) is 0 Å². The molecule has 1 atom stereocenters. The summed E-state index contributed by atoms with van der Waals surface area (Å²) in [5, 5.41) is 10.6. The summed E-state index contributed by atoms with van der Waals surface area (Å²) in [6.45, 7) is 0. The van der Waals surface area contributed by atoms with Crippen LogP contribution in [0.15, 0.2) is 30.5 Å². The normalized spacial score (nSPS) is 13.3. The van der Waals surface area contributed by atoms with Gasteiger partial charge in [0.1, 0.15) is 0 Å². The van der Waals surface area contributed by atoms with Crippen molar-refractivity contribution in [1.82, 2.24) is 4.98 Å². The zero-order chi connectivity index (χ0) is 9.97. The Labute approximate surface area is 87.5 Å². The minimum atomic E-state index is -0.461. The predicted molar refractivity (Wildman–Crippen MR) is 58.7 cm³/mol. The molecule has 1 aromatic heterocycles. The van der Waals surface area contributed by atoms with E-state index in [1.165, 1.54) is 0 Å². The van der Waals surface area contributed by atoms with E-state index < -0.39 is 6.10 Å². The number of nitrogens with one attached hydrogen (secondary N) is 1. The van der Waals surface area contributed by atoms with E-state index in [9.17, 15) is 5.11 Å². The van der Waals surface area contributed by atoms with Crippen LogP contribution in [0.3, 0.4) is 0 Å². The van der Waals surface area contributed by atoms with Crippen LogP contribution in [0.2, 0.25) is 0 Å². The minimum absolute atomic E-state index is 0.279. The van der Waals surface area contributed by atoms with Crippen LogP contribution in [0.4, 0.5) is 0 Å². The molecule has 74 valence electrons. The fourth-order valence-electron chi connectivity index (χ4n) is 1.64. The molecule has 0 bridgehead atoms. The average molecular weight is 210 g/mol. The minimum Gasteiger partial charge on any atom is -0.392 e. The first-order chi connectivity index (χ1) is 6.81. The topological polar surface area (TPSA) is 36.0 Å². The van der Waals surface area contributed by atoms with Gasteiger partial charge in [0.15, 0.2) is 0 Å². The summed E-state index contributed by atoms with van der Waals surface area (Å²) in [5.41, 5.74) is 2.24. The maximum absolute atomic E-state index is 9.47. The molecular formula is C11H12ClNO. The molecule has 0 aliphatic carbocycles. The maximum atomic E-state index is 9.47. The van der Waals surface area contributed by atoms with Gasteiger partial charge in [0.05, 0.1) is 6.10 Å². The molecule has 3 heteroatoms. The second kappa shape index (κ2) is 4.03. The van der Waals surface area contributed by atoms with Crippen molar-refractivity contribution in [2.75, 3.05) is 5.88 Å². The van der Waals surface area contributed by atoms with E-state index >= 15 is 0 Å². The first kappa shape index (κ1) is 9.56. The average Bonchev–Trinajstić information content (AvgIpc) is 2.66. The van der Waals surface area contributed by atoms with Gasteiger partial charge in [0.2, 0.25) is 0 Å². The smallest absolute Gasteiger partial charge is 0.0716 e. The van der Waals surface area contributed by atoms with Gasteiger partial charge in [-0.3, -0.25) is 0 Å². The molecule has 0 aliphatic rings. The van der Waals surface area contributed by atoms with E-state index in [1.54, 1.807) is 0 Å². The molecule has 0 fully saturated rings. The molecule has 0 radical (unpaired) electrons. The molecule has 0 aliphatic heterocycles. The second-order valence-corrected chi connectivity index (χ2v) is 3.68.